The molecule has 90 valence electrons. The average molecular weight is 243 g/mol. The number of hydrogen-bond donors (Lipinski definition) is 0. The minimum atomic E-state index is -1.67. The highest BCUT2D eigenvalue weighted by molar-refractivity contribution is 5.41. The van der Waals surface area contributed by atoms with Crippen molar-refractivity contribution in [2.75, 3.05) is 0 Å². The van der Waals surface area contributed by atoms with E-state index in [4.69, 9.17) is 0 Å². The van der Waals surface area contributed by atoms with E-state index in [1.165, 1.54) is 4.57 Å². The van der Waals surface area contributed by atoms with E-state index in [1.54, 1.807) is 26.0 Å². The Hall–Kier alpha value is -1.78. The van der Waals surface area contributed by atoms with Crippen molar-refractivity contribution < 1.29 is 17.6 Å². The van der Waals surface area contributed by atoms with Gasteiger partial charge in [-0.3, -0.25) is 0 Å². The predicted octanol–water partition coefficient (Wildman–Crippen LogP) is 3.65. The fourth-order valence-corrected chi connectivity index (χ4v) is 1.78. The first-order chi connectivity index (χ1) is 7.93. The van der Waals surface area contributed by atoms with Crippen molar-refractivity contribution in [3.05, 3.63) is 52.9 Å². The molecular formula is C12H9F4N. The fraction of sp³-hybridized carbons (Fsp3) is 0.167. The average Bonchev–Trinajstić information content (AvgIpc) is 2.58. The zero-order valence-electron chi connectivity index (χ0n) is 9.19. The molecule has 0 saturated heterocycles. The maximum Gasteiger partial charge on any atom is 0.196 e. The van der Waals surface area contributed by atoms with Crippen molar-refractivity contribution >= 4 is 0 Å². The standard InChI is InChI=1S/C12H9F4N/c1-6-3-4-7(2)17(6)12-9(14)5-8(13)10(15)11(12)16/h3-5H,1-2H3. The van der Waals surface area contributed by atoms with Gasteiger partial charge < -0.3 is 4.57 Å². The summed E-state index contributed by atoms with van der Waals surface area (Å²) in [6.45, 7) is 3.24. The Balaban J connectivity index is 2.81. The number of halogens is 4. The summed E-state index contributed by atoms with van der Waals surface area (Å²) in [5.74, 6) is -5.87. The van der Waals surface area contributed by atoms with E-state index in [0.717, 1.165) is 0 Å². The van der Waals surface area contributed by atoms with Crippen LogP contribution in [0.5, 0.6) is 0 Å². The van der Waals surface area contributed by atoms with Crippen LogP contribution in [0.25, 0.3) is 5.69 Å². The highest BCUT2D eigenvalue weighted by Gasteiger charge is 2.21. The van der Waals surface area contributed by atoms with E-state index in [2.05, 4.69) is 0 Å². The Morgan fingerprint density at radius 3 is 1.88 bits per heavy atom. The number of aromatic nitrogens is 1. The molecule has 0 amide bonds. The molecule has 0 fully saturated rings. The minimum Gasteiger partial charge on any atom is -0.313 e. The highest BCUT2D eigenvalue weighted by atomic mass is 19.2. The van der Waals surface area contributed by atoms with Gasteiger partial charge in [-0.05, 0) is 26.0 Å². The van der Waals surface area contributed by atoms with Crippen LogP contribution in [-0.2, 0) is 0 Å². The molecule has 0 aliphatic carbocycles. The van der Waals surface area contributed by atoms with Crippen molar-refractivity contribution in [2.45, 2.75) is 13.8 Å². The summed E-state index contributed by atoms with van der Waals surface area (Å²) in [4.78, 5) is 0. The van der Waals surface area contributed by atoms with Crippen LogP contribution in [0, 0.1) is 37.1 Å². The van der Waals surface area contributed by atoms with Crippen molar-refractivity contribution in [2.24, 2.45) is 0 Å². The van der Waals surface area contributed by atoms with Crippen molar-refractivity contribution in [1.29, 1.82) is 0 Å². The first kappa shape index (κ1) is 11.7. The summed E-state index contributed by atoms with van der Waals surface area (Å²) in [6, 6.07) is 3.61. The van der Waals surface area contributed by atoms with Gasteiger partial charge in [0, 0.05) is 17.5 Å². The third-order valence-electron chi connectivity index (χ3n) is 2.58. The van der Waals surface area contributed by atoms with Gasteiger partial charge in [0.05, 0.1) is 0 Å². The second-order valence-corrected chi connectivity index (χ2v) is 3.77. The molecule has 1 aromatic carbocycles. The van der Waals surface area contributed by atoms with E-state index < -0.39 is 29.0 Å². The van der Waals surface area contributed by atoms with E-state index in [0.29, 0.717) is 17.5 Å². The summed E-state index contributed by atoms with van der Waals surface area (Å²) in [7, 11) is 0. The summed E-state index contributed by atoms with van der Waals surface area (Å²) in [6.07, 6.45) is 0. The molecule has 0 aliphatic heterocycles. The lowest BCUT2D eigenvalue weighted by molar-refractivity contribution is 0.430. The van der Waals surface area contributed by atoms with Gasteiger partial charge in [0.25, 0.3) is 0 Å². The molecule has 1 nitrogen and oxygen atoms in total. The van der Waals surface area contributed by atoms with Gasteiger partial charge in [-0.1, -0.05) is 0 Å². The second-order valence-electron chi connectivity index (χ2n) is 3.77. The first-order valence-electron chi connectivity index (χ1n) is 4.91. The van der Waals surface area contributed by atoms with E-state index in [-0.39, 0.29) is 0 Å². The molecule has 5 heteroatoms. The van der Waals surface area contributed by atoms with Crippen LogP contribution in [-0.4, -0.2) is 4.57 Å². The molecule has 0 saturated carbocycles. The first-order valence-corrected chi connectivity index (χ1v) is 4.91. The van der Waals surface area contributed by atoms with Crippen LogP contribution in [0.4, 0.5) is 17.6 Å². The maximum atomic E-state index is 13.6. The molecule has 0 radical (unpaired) electrons. The van der Waals surface area contributed by atoms with Crippen LogP contribution in [0.1, 0.15) is 11.4 Å². The lowest BCUT2D eigenvalue weighted by Gasteiger charge is -2.12. The quantitative estimate of drug-likeness (QED) is 0.409. The van der Waals surface area contributed by atoms with Gasteiger partial charge in [-0.25, -0.2) is 17.6 Å². The Labute approximate surface area is 95.3 Å². The SMILES string of the molecule is Cc1ccc(C)n1-c1c(F)cc(F)c(F)c1F. The van der Waals surface area contributed by atoms with Crippen LogP contribution >= 0.6 is 0 Å². The van der Waals surface area contributed by atoms with Crippen LogP contribution in [0.2, 0.25) is 0 Å². The molecular weight excluding hydrogens is 234 g/mol. The zero-order chi connectivity index (χ0) is 12.7. The summed E-state index contributed by atoms with van der Waals surface area (Å²) < 4.78 is 54.2. The molecule has 0 atom stereocenters. The summed E-state index contributed by atoms with van der Waals surface area (Å²) in [5, 5.41) is 0. The number of rotatable bonds is 1. The molecule has 0 N–H and O–H groups in total. The Morgan fingerprint density at radius 2 is 1.35 bits per heavy atom. The van der Waals surface area contributed by atoms with E-state index >= 15 is 0 Å². The van der Waals surface area contributed by atoms with Crippen LogP contribution in [0.3, 0.4) is 0 Å². The van der Waals surface area contributed by atoms with E-state index in [1.807, 2.05) is 0 Å². The second kappa shape index (κ2) is 3.91. The zero-order valence-corrected chi connectivity index (χ0v) is 9.19. The largest absolute Gasteiger partial charge is 0.313 e. The Kier molecular flexibility index (Phi) is 2.69. The number of nitrogens with zero attached hydrogens (tertiary/aromatic N) is 1. The van der Waals surface area contributed by atoms with Crippen molar-refractivity contribution in [3.8, 4) is 5.69 Å². The third kappa shape index (κ3) is 1.71. The molecule has 0 spiro atoms. The molecule has 2 rings (SSSR count). The maximum absolute atomic E-state index is 13.6. The molecule has 0 unspecified atom stereocenters. The van der Waals surface area contributed by atoms with Gasteiger partial charge >= 0.3 is 0 Å². The predicted molar refractivity (Wildman–Crippen MR) is 55.1 cm³/mol. The fourth-order valence-electron chi connectivity index (χ4n) is 1.78. The van der Waals surface area contributed by atoms with Gasteiger partial charge in [0.1, 0.15) is 5.69 Å². The molecule has 0 bridgehead atoms. The smallest absolute Gasteiger partial charge is 0.196 e. The third-order valence-corrected chi connectivity index (χ3v) is 2.58. The van der Waals surface area contributed by atoms with E-state index in [9.17, 15) is 17.6 Å². The van der Waals surface area contributed by atoms with Crippen molar-refractivity contribution in [1.82, 2.24) is 4.57 Å². The van der Waals surface area contributed by atoms with Crippen LogP contribution < -0.4 is 0 Å². The van der Waals surface area contributed by atoms with Gasteiger partial charge in [0.2, 0.25) is 0 Å². The Morgan fingerprint density at radius 1 is 0.824 bits per heavy atom. The lowest BCUT2D eigenvalue weighted by atomic mass is 10.2. The number of aryl methyl sites for hydroxylation is 2. The molecule has 0 aliphatic rings. The molecule has 1 aromatic heterocycles. The number of benzene rings is 1. The monoisotopic (exact) mass is 243 g/mol. The molecule has 17 heavy (non-hydrogen) atoms. The van der Waals surface area contributed by atoms with Crippen molar-refractivity contribution in [3.63, 3.8) is 0 Å². The Bertz CT molecular complexity index is 567. The van der Waals surface area contributed by atoms with Gasteiger partial charge in [0.15, 0.2) is 23.3 Å². The normalized spacial score (nSPS) is 10.9. The molecule has 1 heterocycles. The number of hydrogen-bond acceptors (Lipinski definition) is 0. The van der Waals surface area contributed by atoms with Gasteiger partial charge in [-0.2, -0.15) is 0 Å². The minimum absolute atomic E-state index is 0.340. The lowest BCUT2D eigenvalue weighted by Crippen LogP contribution is -2.08. The topological polar surface area (TPSA) is 4.93 Å². The molecule has 2 aromatic rings. The van der Waals surface area contributed by atoms with Crippen LogP contribution in [0.15, 0.2) is 18.2 Å². The van der Waals surface area contributed by atoms with Gasteiger partial charge in [-0.15, -0.1) is 0 Å². The summed E-state index contributed by atoms with van der Waals surface area (Å²) in [5.41, 5.74) is 0.474. The summed E-state index contributed by atoms with van der Waals surface area (Å²) >= 11 is 0. The highest BCUT2D eigenvalue weighted by Crippen LogP contribution is 2.25.